The maximum atomic E-state index is 14.0. The van der Waals surface area contributed by atoms with E-state index in [0.29, 0.717) is 17.0 Å². The third kappa shape index (κ3) is 5.10. The molecule has 3 aromatic rings. The van der Waals surface area contributed by atoms with Crippen molar-refractivity contribution in [1.82, 2.24) is 24.6 Å². The molecular formula is C28H36ClFN6O2. The van der Waals surface area contributed by atoms with Crippen molar-refractivity contribution in [2.24, 2.45) is 5.92 Å². The van der Waals surface area contributed by atoms with Gasteiger partial charge in [-0.2, -0.15) is 5.10 Å². The number of aryl methyl sites for hydroxylation is 2. The van der Waals surface area contributed by atoms with E-state index in [1.165, 1.54) is 0 Å². The van der Waals surface area contributed by atoms with Crippen molar-refractivity contribution in [3.05, 3.63) is 46.2 Å². The van der Waals surface area contributed by atoms with Crippen LogP contribution in [0.1, 0.15) is 62.4 Å². The van der Waals surface area contributed by atoms with Crippen LogP contribution < -0.4 is 4.90 Å². The SMILES string of the molecule is Cc1cc(Cl)ccc1C(C)n1nc(C)c2ncc(N3CCC(N4CCCC4CC(F)C(=O)O)C(C)C3)nc21. The van der Waals surface area contributed by atoms with E-state index >= 15 is 0 Å². The molecule has 8 nitrogen and oxygen atoms in total. The molecule has 0 saturated carbocycles. The van der Waals surface area contributed by atoms with E-state index in [2.05, 4.69) is 30.6 Å². The molecular weight excluding hydrogens is 507 g/mol. The first-order chi connectivity index (χ1) is 18.1. The third-order valence-corrected chi connectivity index (χ3v) is 8.62. The van der Waals surface area contributed by atoms with Gasteiger partial charge in [-0.25, -0.2) is 23.8 Å². The predicted molar refractivity (Wildman–Crippen MR) is 147 cm³/mol. The highest BCUT2D eigenvalue weighted by atomic mass is 35.5. The molecule has 38 heavy (non-hydrogen) atoms. The van der Waals surface area contributed by atoms with Crippen LogP contribution in [0.25, 0.3) is 11.2 Å². The lowest BCUT2D eigenvalue weighted by atomic mass is 9.91. The Hall–Kier alpha value is -2.78. The predicted octanol–water partition coefficient (Wildman–Crippen LogP) is 5.20. The van der Waals surface area contributed by atoms with Crippen LogP contribution >= 0.6 is 11.6 Å². The van der Waals surface area contributed by atoms with Gasteiger partial charge in [0.2, 0.25) is 0 Å². The monoisotopic (exact) mass is 542 g/mol. The summed E-state index contributed by atoms with van der Waals surface area (Å²) < 4.78 is 16.0. The van der Waals surface area contributed by atoms with Crippen LogP contribution in [-0.4, -0.2) is 73.6 Å². The first-order valence-corrected chi connectivity index (χ1v) is 13.9. The van der Waals surface area contributed by atoms with E-state index in [1.807, 2.05) is 36.0 Å². The molecule has 0 bridgehead atoms. The molecule has 2 aliphatic heterocycles. The lowest BCUT2D eigenvalue weighted by Crippen LogP contribution is -2.52. The number of aliphatic carboxylic acids is 1. The molecule has 5 unspecified atom stereocenters. The molecule has 2 saturated heterocycles. The Kier molecular flexibility index (Phi) is 7.60. The zero-order chi connectivity index (χ0) is 27.1. The first-order valence-electron chi connectivity index (χ1n) is 13.5. The van der Waals surface area contributed by atoms with Crippen molar-refractivity contribution in [3.63, 3.8) is 0 Å². The molecule has 5 rings (SSSR count). The maximum Gasteiger partial charge on any atom is 0.338 e. The zero-order valence-electron chi connectivity index (χ0n) is 22.4. The fraction of sp³-hybridized carbons (Fsp3) is 0.571. The number of alkyl halides is 1. The quantitative estimate of drug-likeness (QED) is 0.439. The topological polar surface area (TPSA) is 87.4 Å². The fourth-order valence-corrected chi connectivity index (χ4v) is 6.65. The fourth-order valence-electron chi connectivity index (χ4n) is 6.43. The molecule has 1 aromatic carbocycles. The molecule has 2 aromatic heterocycles. The molecule has 5 atom stereocenters. The summed E-state index contributed by atoms with van der Waals surface area (Å²) in [6.07, 6.45) is 2.87. The number of likely N-dealkylation sites (tertiary alicyclic amines) is 1. The number of piperidine rings is 1. The summed E-state index contributed by atoms with van der Waals surface area (Å²) in [7, 11) is 0. The molecule has 10 heteroatoms. The van der Waals surface area contributed by atoms with Crippen LogP contribution in [0.3, 0.4) is 0 Å². The highest BCUT2D eigenvalue weighted by Crippen LogP contribution is 2.34. The second-order valence-corrected chi connectivity index (χ2v) is 11.4. The van der Waals surface area contributed by atoms with E-state index in [-0.39, 0.29) is 18.5 Å². The van der Waals surface area contributed by atoms with Crippen LogP contribution in [0.4, 0.5) is 10.2 Å². The number of fused-ring (bicyclic) bond motifs is 1. The third-order valence-electron chi connectivity index (χ3n) is 8.39. The molecule has 0 radical (unpaired) electrons. The second kappa shape index (κ2) is 10.8. The molecule has 204 valence electrons. The Bertz CT molecular complexity index is 1330. The number of nitrogens with zero attached hydrogens (tertiary/aromatic N) is 6. The largest absolute Gasteiger partial charge is 0.479 e. The standard InChI is InChI=1S/C28H36ClFN6O2/c1-16-12-20(29)7-8-22(16)19(4)36-27-26(18(3)33-36)31-14-25(32-27)34-11-9-24(17(2)15-34)35-10-5-6-21(35)13-23(30)28(37)38/h7-8,12,14,17,19,21,23-24H,5-6,9-11,13,15H2,1-4H3,(H,37,38). The van der Waals surface area contributed by atoms with E-state index in [9.17, 15) is 9.18 Å². The Morgan fingerprint density at radius 1 is 1.26 bits per heavy atom. The summed E-state index contributed by atoms with van der Waals surface area (Å²) in [5, 5.41) is 14.6. The number of benzene rings is 1. The van der Waals surface area contributed by atoms with Crippen molar-refractivity contribution < 1.29 is 14.3 Å². The van der Waals surface area contributed by atoms with Gasteiger partial charge in [-0.3, -0.25) is 4.90 Å². The van der Waals surface area contributed by atoms with Crippen molar-refractivity contribution >= 4 is 34.6 Å². The summed E-state index contributed by atoms with van der Waals surface area (Å²) in [5.74, 6) is -0.202. The van der Waals surface area contributed by atoms with Crippen molar-refractivity contribution in [3.8, 4) is 0 Å². The minimum atomic E-state index is -1.80. The molecule has 4 heterocycles. The van der Waals surface area contributed by atoms with Gasteiger partial charge < -0.3 is 10.0 Å². The normalized spacial score (nSPS) is 24.2. The Balaban J connectivity index is 1.35. The number of halogens is 2. The van der Waals surface area contributed by atoms with Gasteiger partial charge in [-0.1, -0.05) is 24.6 Å². The number of aromatic nitrogens is 4. The van der Waals surface area contributed by atoms with Crippen molar-refractivity contribution in [2.45, 2.75) is 77.7 Å². The molecule has 0 amide bonds. The van der Waals surface area contributed by atoms with Gasteiger partial charge >= 0.3 is 5.97 Å². The highest BCUT2D eigenvalue weighted by molar-refractivity contribution is 6.30. The van der Waals surface area contributed by atoms with Gasteiger partial charge in [0.05, 0.1) is 17.9 Å². The van der Waals surface area contributed by atoms with E-state index in [4.69, 9.17) is 31.8 Å². The summed E-state index contributed by atoms with van der Waals surface area (Å²) in [6.45, 7) is 10.9. The summed E-state index contributed by atoms with van der Waals surface area (Å²) in [6, 6.07) is 6.18. The Morgan fingerprint density at radius 3 is 2.76 bits per heavy atom. The number of carbonyl (C=O) groups is 1. The summed E-state index contributed by atoms with van der Waals surface area (Å²) >= 11 is 6.19. The van der Waals surface area contributed by atoms with Gasteiger partial charge in [0.1, 0.15) is 11.3 Å². The number of anilines is 1. The Labute approximate surface area is 227 Å². The van der Waals surface area contributed by atoms with E-state index < -0.39 is 12.1 Å². The second-order valence-electron chi connectivity index (χ2n) is 11.0. The molecule has 2 aliphatic rings. The van der Waals surface area contributed by atoms with Gasteiger partial charge in [0, 0.05) is 36.6 Å². The van der Waals surface area contributed by atoms with Gasteiger partial charge in [-0.05, 0) is 75.8 Å². The van der Waals surface area contributed by atoms with Crippen LogP contribution in [0.5, 0.6) is 0 Å². The molecule has 2 fully saturated rings. The van der Waals surface area contributed by atoms with Gasteiger partial charge in [0.15, 0.2) is 11.8 Å². The van der Waals surface area contributed by atoms with Crippen LogP contribution in [0.15, 0.2) is 24.4 Å². The van der Waals surface area contributed by atoms with Gasteiger partial charge in [0.25, 0.3) is 0 Å². The lowest BCUT2D eigenvalue weighted by molar-refractivity contribution is -0.143. The number of rotatable bonds is 7. The van der Waals surface area contributed by atoms with Crippen molar-refractivity contribution in [1.29, 1.82) is 0 Å². The minimum Gasteiger partial charge on any atom is -0.479 e. The number of hydrogen-bond acceptors (Lipinski definition) is 6. The summed E-state index contributed by atoms with van der Waals surface area (Å²) in [4.78, 5) is 25.5. The smallest absolute Gasteiger partial charge is 0.338 e. The van der Waals surface area contributed by atoms with Crippen molar-refractivity contribution in [2.75, 3.05) is 24.5 Å². The first kappa shape index (κ1) is 26.8. The molecule has 1 N–H and O–H groups in total. The van der Waals surface area contributed by atoms with E-state index in [0.717, 1.165) is 72.7 Å². The number of carboxylic acids is 1. The number of hydrogen-bond donors (Lipinski definition) is 1. The molecule has 0 aliphatic carbocycles. The number of carboxylic acid groups (broad SMARTS) is 1. The average Bonchev–Trinajstić information content (AvgIpc) is 3.47. The lowest BCUT2D eigenvalue weighted by Gasteiger charge is -2.44. The zero-order valence-corrected chi connectivity index (χ0v) is 23.2. The van der Waals surface area contributed by atoms with Gasteiger partial charge in [-0.15, -0.1) is 0 Å². The molecule has 0 spiro atoms. The minimum absolute atomic E-state index is 0.00798. The summed E-state index contributed by atoms with van der Waals surface area (Å²) in [5.41, 5.74) is 4.65. The Morgan fingerprint density at radius 2 is 2.05 bits per heavy atom. The van der Waals surface area contributed by atoms with E-state index in [1.54, 1.807) is 0 Å². The highest BCUT2D eigenvalue weighted by Gasteiger charge is 2.38. The average molecular weight is 543 g/mol. The van der Waals surface area contributed by atoms with Crippen LogP contribution in [0, 0.1) is 19.8 Å². The van der Waals surface area contributed by atoms with Crippen LogP contribution in [-0.2, 0) is 4.79 Å². The maximum absolute atomic E-state index is 14.0. The van der Waals surface area contributed by atoms with Crippen LogP contribution in [0.2, 0.25) is 5.02 Å².